The van der Waals surface area contributed by atoms with Gasteiger partial charge in [0.05, 0.1) is 16.1 Å². The average molecular weight is 403 g/mol. The molecule has 1 saturated heterocycles. The molecule has 0 bridgehead atoms. The second-order valence-corrected chi connectivity index (χ2v) is 7.22. The molecular weight excluding hydrogens is 384 g/mol. The highest BCUT2D eigenvalue weighted by Crippen LogP contribution is 2.39. The summed E-state index contributed by atoms with van der Waals surface area (Å²) >= 11 is 3.36. The van der Waals surface area contributed by atoms with E-state index in [2.05, 4.69) is 21.2 Å². The van der Waals surface area contributed by atoms with Gasteiger partial charge in [-0.05, 0) is 47.0 Å². The molecule has 25 heavy (non-hydrogen) atoms. The van der Waals surface area contributed by atoms with E-state index in [1.165, 1.54) is 0 Å². The Balaban J connectivity index is 1.75. The van der Waals surface area contributed by atoms with Crippen molar-refractivity contribution in [3.63, 3.8) is 0 Å². The molecule has 0 saturated carbocycles. The number of anilines is 1. The van der Waals surface area contributed by atoms with Crippen LogP contribution in [0.3, 0.4) is 0 Å². The third-order valence-corrected chi connectivity index (χ3v) is 5.40. The van der Waals surface area contributed by atoms with Crippen LogP contribution in [0.2, 0.25) is 0 Å². The van der Waals surface area contributed by atoms with Crippen molar-refractivity contribution in [2.45, 2.75) is 25.1 Å². The predicted octanol–water partition coefficient (Wildman–Crippen LogP) is 3.90. The summed E-state index contributed by atoms with van der Waals surface area (Å²) in [6.45, 7) is 1.24. The Morgan fingerprint density at radius 3 is 2.88 bits per heavy atom. The fourth-order valence-electron chi connectivity index (χ4n) is 3.49. The van der Waals surface area contributed by atoms with E-state index in [-0.39, 0.29) is 17.8 Å². The maximum absolute atomic E-state index is 13.1. The van der Waals surface area contributed by atoms with Crippen molar-refractivity contribution in [3.05, 3.63) is 58.1 Å². The first-order valence-corrected chi connectivity index (χ1v) is 9.20. The number of carbonyl (C=O) groups is 1. The molecular formula is C19H19BrN2O3. The number of phenolic OH excluding ortho intramolecular Hbond substituents is 1. The summed E-state index contributed by atoms with van der Waals surface area (Å²) < 4.78 is 6.34. The molecule has 1 amide bonds. The third-order valence-electron chi connectivity index (χ3n) is 4.76. The van der Waals surface area contributed by atoms with Crippen LogP contribution in [-0.2, 0) is 4.74 Å². The van der Waals surface area contributed by atoms with Crippen LogP contribution in [0.15, 0.2) is 46.9 Å². The average Bonchev–Trinajstić information content (AvgIpc) is 3.13. The summed E-state index contributed by atoms with van der Waals surface area (Å²) in [5, 5.41) is 13.9. The van der Waals surface area contributed by atoms with Crippen molar-refractivity contribution >= 4 is 27.5 Å². The second kappa shape index (κ2) is 6.69. The van der Waals surface area contributed by atoms with Gasteiger partial charge in [-0.1, -0.05) is 24.3 Å². The fraction of sp³-hybridized carbons (Fsp3) is 0.316. The zero-order valence-corrected chi connectivity index (χ0v) is 15.2. The Morgan fingerprint density at radius 2 is 2.08 bits per heavy atom. The zero-order chi connectivity index (χ0) is 17.4. The molecule has 0 spiro atoms. The largest absolute Gasteiger partial charge is 0.506 e. The number of amides is 1. The van der Waals surface area contributed by atoms with Crippen LogP contribution in [0.5, 0.6) is 5.75 Å². The van der Waals surface area contributed by atoms with Crippen LogP contribution in [0.4, 0.5) is 5.69 Å². The van der Waals surface area contributed by atoms with Gasteiger partial charge in [0, 0.05) is 24.4 Å². The van der Waals surface area contributed by atoms with Gasteiger partial charge in [0.2, 0.25) is 0 Å². The molecule has 6 heteroatoms. The molecule has 0 aliphatic carbocycles. The van der Waals surface area contributed by atoms with Crippen LogP contribution >= 0.6 is 15.9 Å². The SMILES string of the molecule is O=C1c2ccccc2NC(c2cccc(Br)c2O)N1CC1CCCO1. The number of rotatable bonds is 3. The standard InChI is InChI=1S/C19H19BrN2O3/c20-15-8-3-7-14(17(15)23)18-21-16-9-2-1-6-13(16)19(24)22(18)11-12-5-4-10-25-12/h1-3,6-9,12,18,21,23H,4-5,10-11H2. The number of aromatic hydroxyl groups is 1. The molecule has 2 heterocycles. The molecule has 2 unspecified atom stereocenters. The molecule has 1 fully saturated rings. The Hall–Kier alpha value is -2.05. The van der Waals surface area contributed by atoms with Crippen LogP contribution in [0.25, 0.3) is 0 Å². The number of nitrogens with one attached hydrogen (secondary N) is 1. The number of nitrogens with zero attached hydrogens (tertiary/aromatic N) is 1. The predicted molar refractivity (Wildman–Crippen MR) is 98.6 cm³/mol. The molecule has 0 radical (unpaired) electrons. The van der Waals surface area contributed by atoms with E-state index in [1.54, 1.807) is 11.0 Å². The van der Waals surface area contributed by atoms with Crippen LogP contribution in [0, 0.1) is 0 Å². The van der Waals surface area contributed by atoms with E-state index in [0.717, 1.165) is 25.1 Å². The lowest BCUT2D eigenvalue weighted by molar-refractivity contribution is 0.0424. The van der Waals surface area contributed by atoms with Crippen molar-refractivity contribution in [2.24, 2.45) is 0 Å². The van der Waals surface area contributed by atoms with Gasteiger partial charge >= 0.3 is 0 Å². The maximum Gasteiger partial charge on any atom is 0.257 e. The lowest BCUT2D eigenvalue weighted by Gasteiger charge is -2.39. The highest BCUT2D eigenvalue weighted by molar-refractivity contribution is 9.10. The second-order valence-electron chi connectivity index (χ2n) is 6.36. The van der Waals surface area contributed by atoms with Gasteiger partial charge in [-0.2, -0.15) is 0 Å². The Kier molecular flexibility index (Phi) is 4.39. The number of hydrogen-bond acceptors (Lipinski definition) is 4. The summed E-state index contributed by atoms with van der Waals surface area (Å²) in [7, 11) is 0. The molecule has 2 aromatic carbocycles. The van der Waals surface area contributed by atoms with Crippen molar-refractivity contribution in [3.8, 4) is 5.75 Å². The molecule has 5 nitrogen and oxygen atoms in total. The number of fused-ring (bicyclic) bond motifs is 1. The first kappa shape index (κ1) is 16.4. The van der Waals surface area contributed by atoms with E-state index in [4.69, 9.17) is 4.74 Å². The van der Waals surface area contributed by atoms with Crippen LogP contribution in [-0.4, -0.2) is 35.2 Å². The molecule has 2 aromatic rings. The summed E-state index contributed by atoms with van der Waals surface area (Å²) in [4.78, 5) is 14.9. The number of halogens is 1. The van der Waals surface area contributed by atoms with E-state index in [9.17, 15) is 9.90 Å². The van der Waals surface area contributed by atoms with Gasteiger partial charge in [0.25, 0.3) is 5.91 Å². The van der Waals surface area contributed by atoms with Crippen molar-refractivity contribution in [2.75, 3.05) is 18.5 Å². The maximum atomic E-state index is 13.1. The van der Waals surface area contributed by atoms with Crippen LogP contribution < -0.4 is 5.32 Å². The Bertz CT molecular complexity index is 805. The highest BCUT2D eigenvalue weighted by atomic mass is 79.9. The van der Waals surface area contributed by atoms with E-state index < -0.39 is 6.17 Å². The van der Waals surface area contributed by atoms with Gasteiger partial charge in [-0.25, -0.2) is 0 Å². The zero-order valence-electron chi connectivity index (χ0n) is 13.6. The summed E-state index contributed by atoms with van der Waals surface area (Å²) in [6, 6.07) is 12.9. The first-order chi connectivity index (χ1) is 12.1. The molecule has 2 aliphatic heterocycles. The summed E-state index contributed by atoms with van der Waals surface area (Å²) in [5.74, 6) is 0.0961. The minimum atomic E-state index is -0.441. The Morgan fingerprint density at radius 1 is 1.24 bits per heavy atom. The monoisotopic (exact) mass is 402 g/mol. The minimum absolute atomic E-state index is 0.0350. The molecule has 4 rings (SSSR count). The normalized spacial score (nSPS) is 22.6. The van der Waals surface area contributed by atoms with E-state index >= 15 is 0 Å². The van der Waals surface area contributed by atoms with Gasteiger partial charge in [-0.3, -0.25) is 4.79 Å². The molecule has 0 aromatic heterocycles. The van der Waals surface area contributed by atoms with Crippen molar-refractivity contribution in [1.29, 1.82) is 0 Å². The summed E-state index contributed by atoms with van der Waals surface area (Å²) in [6.07, 6.45) is 1.56. The van der Waals surface area contributed by atoms with Gasteiger partial charge in [0.1, 0.15) is 11.9 Å². The fourth-order valence-corrected chi connectivity index (χ4v) is 3.87. The minimum Gasteiger partial charge on any atom is -0.506 e. The number of phenols is 1. The van der Waals surface area contributed by atoms with Gasteiger partial charge < -0.3 is 20.1 Å². The number of carbonyl (C=O) groups excluding carboxylic acids is 1. The van der Waals surface area contributed by atoms with Crippen molar-refractivity contribution in [1.82, 2.24) is 4.90 Å². The van der Waals surface area contributed by atoms with Crippen LogP contribution in [0.1, 0.15) is 34.9 Å². The van der Waals surface area contributed by atoms with E-state index in [0.29, 0.717) is 22.1 Å². The van der Waals surface area contributed by atoms with Gasteiger partial charge in [-0.15, -0.1) is 0 Å². The number of para-hydroxylation sites is 2. The topological polar surface area (TPSA) is 61.8 Å². The lowest BCUT2D eigenvalue weighted by Crippen LogP contribution is -2.46. The molecule has 130 valence electrons. The molecule has 2 aliphatic rings. The van der Waals surface area contributed by atoms with E-state index in [1.807, 2.05) is 36.4 Å². The number of benzene rings is 2. The quantitative estimate of drug-likeness (QED) is 0.816. The Labute approximate surface area is 154 Å². The molecule has 2 N–H and O–H groups in total. The smallest absolute Gasteiger partial charge is 0.257 e. The van der Waals surface area contributed by atoms with Crippen molar-refractivity contribution < 1.29 is 14.6 Å². The molecule has 2 atom stereocenters. The number of ether oxygens (including phenoxy) is 1. The number of hydrogen-bond donors (Lipinski definition) is 2. The lowest BCUT2D eigenvalue weighted by atomic mass is 10.0. The highest BCUT2D eigenvalue weighted by Gasteiger charge is 2.36. The first-order valence-electron chi connectivity index (χ1n) is 8.40. The van der Waals surface area contributed by atoms with Gasteiger partial charge in [0.15, 0.2) is 0 Å². The summed E-state index contributed by atoms with van der Waals surface area (Å²) in [5.41, 5.74) is 2.09. The third kappa shape index (κ3) is 3.00.